The number of esters is 1. The van der Waals surface area contributed by atoms with Gasteiger partial charge in [0.2, 0.25) is 0 Å². The normalized spacial score (nSPS) is 18.8. The van der Waals surface area contributed by atoms with Crippen molar-refractivity contribution in [3.8, 4) is 0 Å². The number of benzene rings is 1. The number of carbonyl (C=O) groups excluding carboxylic acids is 3. The van der Waals surface area contributed by atoms with Crippen LogP contribution < -0.4 is 0 Å². The van der Waals surface area contributed by atoms with Gasteiger partial charge in [0.15, 0.2) is 6.10 Å². The molecule has 1 unspecified atom stereocenters. The molecule has 0 radical (unpaired) electrons. The Morgan fingerprint density at radius 2 is 2.00 bits per heavy atom. The van der Waals surface area contributed by atoms with E-state index in [4.69, 9.17) is 9.57 Å². The molecule has 0 aliphatic carbocycles. The second-order valence-electron chi connectivity index (χ2n) is 4.09. The molecule has 0 saturated carbocycles. The summed E-state index contributed by atoms with van der Waals surface area (Å²) in [7, 11) is 0. The van der Waals surface area contributed by atoms with Crippen molar-refractivity contribution < 1.29 is 24.0 Å². The van der Waals surface area contributed by atoms with Gasteiger partial charge in [-0.15, -0.1) is 5.06 Å². The first-order valence-electron chi connectivity index (χ1n) is 5.79. The Balaban J connectivity index is 1.95. The number of nitrogens with zero attached hydrogens (tertiary/aromatic N) is 1. The average molecular weight is 263 g/mol. The lowest BCUT2D eigenvalue weighted by molar-refractivity contribution is -0.194. The van der Waals surface area contributed by atoms with E-state index in [-0.39, 0.29) is 13.0 Å². The number of hydrogen-bond acceptors (Lipinski definition) is 5. The SMILES string of the molecule is CC(=O)OC1CC(=O)N(OCc2ccccc2)C1=O. The van der Waals surface area contributed by atoms with Crippen LogP contribution in [0.3, 0.4) is 0 Å². The summed E-state index contributed by atoms with van der Waals surface area (Å²) in [4.78, 5) is 39.3. The standard InChI is InChI=1S/C13H13NO5/c1-9(15)19-11-7-12(16)14(13(11)17)18-8-10-5-3-2-4-6-10/h2-6,11H,7-8H2,1H3. The Morgan fingerprint density at radius 1 is 1.32 bits per heavy atom. The van der Waals surface area contributed by atoms with Gasteiger partial charge in [0, 0.05) is 6.92 Å². The van der Waals surface area contributed by atoms with Crippen LogP contribution in [-0.2, 0) is 30.6 Å². The molecule has 0 N–H and O–H groups in total. The van der Waals surface area contributed by atoms with Crippen LogP contribution in [0.4, 0.5) is 0 Å². The predicted molar refractivity (Wildman–Crippen MR) is 63.3 cm³/mol. The third-order valence-electron chi connectivity index (χ3n) is 2.57. The summed E-state index contributed by atoms with van der Waals surface area (Å²) in [5.74, 6) is -1.75. The first-order chi connectivity index (χ1) is 9.08. The molecule has 0 spiro atoms. The Kier molecular flexibility index (Phi) is 3.91. The molecule has 6 nitrogen and oxygen atoms in total. The van der Waals surface area contributed by atoms with E-state index in [1.54, 1.807) is 0 Å². The quantitative estimate of drug-likeness (QED) is 0.593. The lowest BCUT2D eigenvalue weighted by Gasteiger charge is -2.14. The van der Waals surface area contributed by atoms with Gasteiger partial charge in [0.1, 0.15) is 6.61 Å². The van der Waals surface area contributed by atoms with Gasteiger partial charge < -0.3 is 4.74 Å². The maximum Gasteiger partial charge on any atom is 0.303 e. The average Bonchev–Trinajstić information content (AvgIpc) is 2.63. The zero-order valence-corrected chi connectivity index (χ0v) is 10.4. The Labute approximate surface area is 109 Å². The highest BCUT2D eigenvalue weighted by atomic mass is 16.7. The van der Waals surface area contributed by atoms with Crippen LogP contribution in [0.5, 0.6) is 0 Å². The fourth-order valence-electron chi connectivity index (χ4n) is 1.72. The van der Waals surface area contributed by atoms with Crippen molar-refractivity contribution >= 4 is 17.8 Å². The summed E-state index contributed by atoms with van der Waals surface area (Å²) in [6.45, 7) is 1.29. The number of imide groups is 1. The molecule has 2 rings (SSSR count). The van der Waals surface area contributed by atoms with E-state index >= 15 is 0 Å². The highest BCUT2D eigenvalue weighted by Crippen LogP contribution is 2.18. The predicted octanol–water partition coefficient (Wildman–Crippen LogP) is 0.809. The van der Waals surface area contributed by atoms with E-state index in [9.17, 15) is 14.4 Å². The van der Waals surface area contributed by atoms with Gasteiger partial charge in [-0.25, -0.2) is 0 Å². The fourth-order valence-corrected chi connectivity index (χ4v) is 1.72. The molecule has 1 fully saturated rings. The van der Waals surface area contributed by atoms with Crippen molar-refractivity contribution in [2.45, 2.75) is 26.1 Å². The molecule has 1 atom stereocenters. The van der Waals surface area contributed by atoms with Crippen molar-refractivity contribution in [3.05, 3.63) is 35.9 Å². The number of hydroxylamine groups is 2. The molecule has 1 aliphatic heterocycles. The summed E-state index contributed by atoms with van der Waals surface area (Å²) in [5.41, 5.74) is 0.832. The summed E-state index contributed by atoms with van der Waals surface area (Å²) in [6.07, 6.45) is -1.24. The van der Waals surface area contributed by atoms with Crippen molar-refractivity contribution in [2.24, 2.45) is 0 Å². The fraction of sp³-hybridized carbons (Fsp3) is 0.308. The topological polar surface area (TPSA) is 72.9 Å². The monoisotopic (exact) mass is 263 g/mol. The van der Waals surface area contributed by atoms with Gasteiger partial charge in [-0.3, -0.25) is 19.2 Å². The smallest absolute Gasteiger partial charge is 0.303 e. The third kappa shape index (κ3) is 3.17. The summed E-state index contributed by atoms with van der Waals surface area (Å²) in [6, 6.07) is 9.14. The number of amides is 2. The van der Waals surface area contributed by atoms with Crippen LogP contribution in [0.25, 0.3) is 0 Å². The third-order valence-corrected chi connectivity index (χ3v) is 2.57. The van der Waals surface area contributed by atoms with Gasteiger partial charge >= 0.3 is 5.97 Å². The molecule has 0 aromatic heterocycles. The molecule has 2 amide bonds. The van der Waals surface area contributed by atoms with Crippen LogP contribution in [-0.4, -0.2) is 29.0 Å². The molecular formula is C13H13NO5. The lowest BCUT2D eigenvalue weighted by atomic mass is 10.2. The van der Waals surface area contributed by atoms with Crippen LogP contribution in [0.1, 0.15) is 18.9 Å². The minimum absolute atomic E-state index is 0.102. The van der Waals surface area contributed by atoms with Gasteiger partial charge in [-0.1, -0.05) is 30.3 Å². The molecule has 1 aliphatic rings. The van der Waals surface area contributed by atoms with Gasteiger partial charge in [0.25, 0.3) is 11.8 Å². The van der Waals surface area contributed by atoms with Gasteiger partial charge in [-0.2, -0.15) is 0 Å². The highest BCUT2D eigenvalue weighted by molar-refractivity contribution is 6.04. The highest BCUT2D eigenvalue weighted by Gasteiger charge is 2.42. The minimum atomic E-state index is -1.07. The Hall–Kier alpha value is -2.21. The molecule has 1 aromatic carbocycles. The molecule has 1 saturated heterocycles. The second-order valence-corrected chi connectivity index (χ2v) is 4.09. The van der Waals surface area contributed by atoms with Crippen LogP contribution in [0.15, 0.2) is 30.3 Å². The van der Waals surface area contributed by atoms with Crippen molar-refractivity contribution in [2.75, 3.05) is 0 Å². The van der Waals surface area contributed by atoms with E-state index in [2.05, 4.69) is 0 Å². The Morgan fingerprint density at radius 3 is 2.63 bits per heavy atom. The molecule has 1 heterocycles. The molecule has 1 aromatic rings. The van der Waals surface area contributed by atoms with Crippen LogP contribution in [0, 0.1) is 0 Å². The molecule has 100 valence electrons. The number of carbonyl (C=O) groups is 3. The molecule has 0 bridgehead atoms. The molecule has 6 heteroatoms. The van der Waals surface area contributed by atoms with E-state index in [1.165, 1.54) is 6.92 Å². The summed E-state index contributed by atoms with van der Waals surface area (Å²) < 4.78 is 4.75. The lowest BCUT2D eigenvalue weighted by Crippen LogP contribution is -2.33. The first kappa shape index (κ1) is 13.2. The molecule has 19 heavy (non-hydrogen) atoms. The van der Waals surface area contributed by atoms with Crippen LogP contribution in [0.2, 0.25) is 0 Å². The Bertz CT molecular complexity index is 499. The van der Waals surface area contributed by atoms with E-state index < -0.39 is 23.9 Å². The maximum atomic E-state index is 11.8. The van der Waals surface area contributed by atoms with Gasteiger partial charge in [-0.05, 0) is 5.56 Å². The van der Waals surface area contributed by atoms with E-state index in [0.717, 1.165) is 5.56 Å². The van der Waals surface area contributed by atoms with Crippen molar-refractivity contribution in [1.29, 1.82) is 0 Å². The summed E-state index contributed by atoms with van der Waals surface area (Å²) in [5, 5.41) is 0.667. The number of ether oxygens (including phenoxy) is 1. The maximum absolute atomic E-state index is 11.8. The van der Waals surface area contributed by atoms with Crippen molar-refractivity contribution in [1.82, 2.24) is 5.06 Å². The number of rotatable bonds is 4. The number of hydrogen-bond donors (Lipinski definition) is 0. The van der Waals surface area contributed by atoms with Crippen LogP contribution >= 0.6 is 0 Å². The largest absolute Gasteiger partial charge is 0.452 e. The zero-order chi connectivity index (χ0) is 13.8. The van der Waals surface area contributed by atoms with E-state index in [1.807, 2.05) is 30.3 Å². The van der Waals surface area contributed by atoms with Gasteiger partial charge in [0.05, 0.1) is 6.42 Å². The zero-order valence-electron chi connectivity index (χ0n) is 10.4. The minimum Gasteiger partial charge on any atom is -0.452 e. The molecular weight excluding hydrogens is 250 g/mol. The first-order valence-corrected chi connectivity index (χ1v) is 5.79. The summed E-state index contributed by atoms with van der Waals surface area (Å²) >= 11 is 0. The van der Waals surface area contributed by atoms with Crippen molar-refractivity contribution in [3.63, 3.8) is 0 Å². The second kappa shape index (κ2) is 5.62. The van der Waals surface area contributed by atoms with E-state index in [0.29, 0.717) is 5.06 Å².